The van der Waals surface area contributed by atoms with Crippen LogP contribution in [0.1, 0.15) is 23.1 Å². The van der Waals surface area contributed by atoms with Gasteiger partial charge >= 0.3 is 0 Å². The number of methoxy groups -OCH3 is 2. The number of carbonyl (C=O) groups excluding carboxylic acids is 2. The number of nitrogens with one attached hydrogen (secondary N) is 2. The van der Waals surface area contributed by atoms with Crippen molar-refractivity contribution >= 4 is 46.3 Å². The zero-order valence-electron chi connectivity index (χ0n) is 16.1. The van der Waals surface area contributed by atoms with Gasteiger partial charge in [-0.25, -0.2) is 5.43 Å². The first kappa shape index (κ1) is 21.7. The molecule has 0 radical (unpaired) electrons. The Morgan fingerprint density at radius 3 is 2.50 bits per heavy atom. The average molecular weight is 495 g/mol. The highest BCUT2D eigenvalue weighted by Gasteiger charge is 2.11. The monoisotopic (exact) mass is 495 g/mol. The summed E-state index contributed by atoms with van der Waals surface area (Å²) in [5.41, 5.74) is 5.81. The summed E-state index contributed by atoms with van der Waals surface area (Å²) in [6, 6.07) is 9.26. The first-order valence-electron chi connectivity index (χ1n) is 8.44. The summed E-state index contributed by atoms with van der Waals surface area (Å²) in [6.45, 7) is 3.88. The molecule has 0 saturated carbocycles. The van der Waals surface area contributed by atoms with E-state index in [9.17, 15) is 9.59 Å². The summed E-state index contributed by atoms with van der Waals surface area (Å²) in [5, 5.41) is 6.63. The van der Waals surface area contributed by atoms with Crippen molar-refractivity contribution in [2.75, 3.05) is 19.5 Å². The molecule has 2 amide bonds. The molecule has 0 heterocycles. The second kappa shape index (κ2) is 10.1. The Kier molecular flexibility index (Phi) is 7.80. The van der Waals surface area contributed by atoms with E-state index in [0.29, 0.717) is 17.2 Å². The van der Waals surface area contributed by atoms with Crippen LogP contribution in [-0.4, -0.2) is 32.2 Å². The largest absolute Gasteiger partial charge is 0.493 e. The van der Waals surface area contributed by atoms with Gasteiger partial charge in [-0.2, -0.15) is 5.10 Å². The first-order valence-corrected chi connectivity index (χ1v) is 9.52. The van der Waals surface area contributed by atoms with Crippen LogP contribution in [0.4, 0.5) is 5.69 Å². The second-order valence-corrected chi connectivity index (χ2v) is 7.24. The van der Waals surface area contributed by atoms with Crippen molar-refractivity contribution < 1.29 is 19.1 Å². The van der Waals surface area contributed by atoms with Gasteiger partial charge in [0.2, 0.25) is 11.8 Å². The zero-order chi connectivity index (χ0) is 20.7. The standard InChI is InChI=1S/C20H22IN3O4/c1-12-5-6-16(13(2)7-12)23-18(25)10-19(26)24-22-11-14-8-15(21)20(28-4)17(9-14)27-3/h5-9,11H,10H2,1-4H3,(H,23,25)(H,24,26). The third kappa shape index (κ3) is 5.95. The molecule has 0 bridgehead atoms. The van der Waals surface area contributed by atoms with Crippen LogP contribution in [0.15, 0.2) is 35.4 Å². The number of hydrogen-bond acceptors (Lipinski definition) is 5. The maximum Gasteiger partial charge on any atom is 0.249 e. The number of halogens is 1. The lowest BCUT2D eigenvalue weighted by Crippen LogP contribution is -2.24. The molecular formula is C20H22IN3O4. The molecule has 0 aromatic heterocycles. The minimum atomic E-state index is -0.506. The van der Waals surface area contributed by atoms with Crippen molar-refractivity contribution in [3.63, 3.8) is 0 Å². The fourth-order valence-electron chi connectivity index (χ4n) is 2.52. The molecule has 148 valence electrons. The highest BCUT2D eigenvalue weighted by atomic mass is 127. The predicted molar refractivity (Wildman–Crippen MR) is 117 cm³/mol. The molecule has 0 atom stereocenters. The van der Waals surface area contributed by atoms with E-state index < -0.39 is 11.8 Å². The lowest BCUT2D eigenvalue weighted by atomic mass is 10.1. The summed E-state index contributed by atoms with van der Waals surface area (Å²) >= 11 is 2.12. The second-order valence-electron chi connectivity index (χ2n) is 6.07. The number of nitrogens with zero attached hydrogens (tertiary/aromatic N) is 1. The minimum absolute atomic E-state index is 0.325. The molecule has 2 aromatic rings. The SMILES string of the molecule is COc1cc(C=NNC(=O)CC(=O)Nc2ccc(C)cc2C)cc(I)c1OC. The average Bonchev–Trinajstić information content (AvgIpc) is 2.63. The maximum atomic E-state index is 12.0. The minimum Gasteiger partial charge on any atom is -0.493 e. The van der Waals surface area contributed by atoms with Crippen molar-refractivity contribution in [3.8, 4) is 11.5 Å². The zero-order valence-corrected chi connectivity index (χ0v) is 18.3. The van der Waals surface area contributed by atoms with Crippen LogP contribution in [0, 0.1) is 17.4 Å². The molecule has 2 aromatic carbocycles. The molecule has 0 saturated heterocycles. The Morgan fingerprint density at radius 2 is 1.86 bits per heavy atom. The van der Waals surface area contributed by atoms with E-state index in [4.69, 9.17) is 9.47 Å². The summed E-state index contributed by atoms with van der Waals surface area (Å²) in [5.74, 6) is 0.288. The van der Waals surface area contributed by atoms with Gasteiger partial charge < -0.3 is 14.8 Å². The van der Waals surface area contributed by atoms with E-state index in [0.717, 1.165) is 20.3 Å². The van der Waals surface area contributed by atoms with Crippen LogP contribution < -0.4 is 20.2 Å². The topological polar surface area (TPSA) is 89.0 Å². The molecule has 2 N–H and O–H groups in total. The molecule has 0 spiro atoms. The Labute approximate surface area is 177 Å². The highest BCUT2D eigenvalue weighted by Crippen LogP contribution is 2.33. The van der Waals surface area contributed by atoms with Gasteiger partial charge in [-0.15, -0.1) is 0 Å². The number of anilines is 1. The molecule has 7 nitrogen and oxygen atoms in total. The predicted octanol–water partition coefficient (Wildman–Crippen LogP) is 3.40. The Morgan fingerprint density at radius 1 is 1.11 bits per heavy atom. The van der Waals surface area contributed by atoms with Gasteiger partial charge in [-0.05, 0) is 65.8 Å². The van der Waals surface area contributed by atoms with Crippen LogP contribution in [-0.2, 0) is 9.59 Å². The number of aryl methyl sites for hydroxylation is 2. The molecule has 0 aliphatic rings. The molecule has 0 aliphatic heterocycles. The van der Waals surface area contributed by atoms with E-state index in [1.54, 1.807) is 20.3 Å². The molecule has 0 aliphatic carbocycles. The molecular weight excluding hydrogens is 473 g/mol. The quantitative estimate of drug-likeness (QED) is 0.267. The van der Waals surface area contributed by atoms with E-state index >= 15 is 0 Å². The Balaban J connectivity index is 1.93. The Bertz CT molecular complexity index is 913. The fraction of sp³-hybridized carbons (Fsp3) is 0.250. The fourth-order valence-corrected chi connectivity index (χ4v) is 3.37. The van der Waals surface area contributed by atoms with Gasteiger partial charge in [0.1, 0.15) is 6.42 Å². The van der Waals surface area contributed by atoms with Crippen LogP contribution in [0.5, 0.6) is 11.5 Å². The summed E-state index contributed by atoms with van der Waals surface area (Å²) in [6.07, 6.45) is 1.15. The van der Waals surface area contributed by atoms with Gasteiger partial charge in [0.25, 0.3) is 0 Å². The number of hydrogen-bond donors (Lipinski definition) is 2. The molecule has 0 fully saturated rings. The van der Waals surface area contributed by atoms with E-state index in [1.165, 1.54) is 6.21 Å². The van der Waals surface area contributed by atoms with Crippen molar-refractivity contribution in [2.45, 2.75) is 20.3 Å². The van der Waals surface area contributed by atoms with Gasteiger partial charge in [0.15, 0.2) is 11.5 Å². The Hall–Kier alpha value is -2.62. The number of carbonyl (C=O) groups is 2. The van der Waals surface area contributed by atoms with E-state index in [2.05, 4.69) is 38.4 Å². The normalized spacial score (nSPS) is 10.6. The number of ether oxygens (including phenoxy) is 2. The molecule has 28 heavy (non-hydrogen) atoms. The summed E-state index contributed by atoms with van der Waals surface area (Å²) in [7, 11) is 3.11. The molecule has 2 rings (SSSR count). The van der Waals surface area contributed by atoms with Crippen LogP contribution in [0.2, 0.25) is 0 Å². The number of benzene rings is 2. The maximum absolute atomic E-state index is 12.0. The lowest BCUT2D eigenvalue weighted by Gasteiger charge is -2.10. The van der Waals surface area contributed by atoms with E-state index in [1.807, 2.05) is 38.1 Å². The third-order valence-electron chi connectivity index (χ3n) is 3.84. The van der Waals surface area contributed by atoms with Gasteiger partial charge in [0.05, 0.1) is 24.0 Å². The third-order valence-corrected chi connectivity index (χ3v) is 4.64. The van der Waals surface area contributed by atoms with Crippen molar-refractivity contribution in [3.05, 3.63) is 50.6 Å². The molecule has 8 heteroatoms. The van der Waals surface area contributed by atoms with Gasteiger partial charge in [-0.3, -0.25) is 9.59 Å². The van der Waals surface area contributed by atoms with Gasteiger partial charge in [0, 0.05) is 5.69 Å². The van der Waals surface area contributed by atoms with Crippen molar-refractivity contribution in [1.29, 1.82) is 0 Å². The smallest absolute Gasteiger partial charge is 0.249 e. The lowest BCUT2D eigenvalue weighted by molar-refractivity contribution is -0.126. The summed E-state index contributed by atoms with van der Waals surface area (Å²) < 4.78 is 11.4. The molecule has 0 unspecified atom stereocenters. The van der Waals surface area contributed by atoms with Crippen LogP contribution >= 0.6 is 22.6 Å². The number of hydrazone groups is 1. The summed E-state index contributed by atoms with van der Waals surface area (Å²) in [4.78, 5) is 24.0. The van der Waals surface area contributed by atoms with E-state index in [-0.39, 0.29) is 6.42 Å². The highest BCUT2D eigenvalue weighted by molar-refractivity contribution is 14.1. The number of rotatable bonds is 7. The van der Waals surface area contributed by atoms with Crippen LogP contribution in [0.25, 0.3) is 0 Å². The van der Waals surface area contributed by atoms with Gasteiger partial charge in [-0.1, -0.05) is 17.7 Å². The van der Waals surface area contributed by atoms with Crippen molar-refractivity contribution in [1.82, 2.24) is 5.43 Å². The van der Waals surface area contributed by atoms with Crippen molar-refractivity contribution in [2.24, 2.45) is 5.10 Å². The number of amides is 2. The van der Waals surface area contributed by atoms with Crippen LogP contribution in [0.3, 0.4) is 0 Å². The first-order chi connectivity index (χ1) is 13.3.